The zero-order valence-corrected chi connectivity index (χ0v) is 10.4. The van der Waals surface area contributed by atoms with Crippen LogP contribution in [0.15, 0.2) is 18.2 Å². The standard InChI is InChI=1S/C13H22N4/c1-2-17-6-5-10(9-17)8-16-11-3-4-12(14)13(15)7-11/h3-4,7,10,16H,2,5-6,8-9,14-15H2,1H3. The average Bonchev–Trinajstić information content (AvgIpc) is 2.79. The highest BCUT2D eigenvalue weighted by molar-refractivity contribution is 5.69. The van der Waals surface area contributed by atoms with Gasteiger partial charge in [0.15, 0.2) is 0 Å². The predicted molar refractivity (Wildman–Crippen MR) is 74.0 cm³/mol. The van der Waals surface area contributed by atoms with Crippen molar-refractivity contribution >= 4 is 17.1 Å². The van der Waals surface area contributed by atoms with Gasteiger partial charge < -0.3 is 21.7 Å². The Morgan fingerprint density at radius 3 is 2.82 bits per heavy atom. The normalized spacial score (nSPS) is 20.6. The Labute approximate surface area is 103 Å². The molecule has 94 valence electrons. The van der Waals surface area contributed by atoms with Crippen LogP contribution in [0.4, 0.5) is 17.1 Å². The second kappa shape index (κ2) is 5.27. The molecule has 0 saturated carbocycles. The molecular weight excluding hydrogens is 212 g/mol. The molecule has 2 rings (SSSR count). The molecule has 1 fully saturated rings. The van der Waals surface area contributed by atoms with E-state index in [1.165, 1.54) is 19.5 Å². The fraction of sp³-hybridized carbons (Fsp3) is 0.538. The van der Waals surface area contributed by atoms with Crippen molar-refractivity contribution in [3.63, 3.8) is 0 Å². The van der Waals surface area contributed by atoms with E-state index in [0.29, 0.717) is 11.4 Å². The first-order valence-electron chi connectivity index (χ1n) is 6.30. The topological polar surface area (TPSA) is 67.3 Å². The third kappa shape index (κ3) is 3.03. The number of hydrogen-bond donors (Lipinski definition) is 3. The number of likely N-dealkylation sites (tertiary alicyclic amines) is 1. The van der Waals surface area contributed by atoms with E-state index >= 15 is 0 Å². The third-order valence-corrected chi connectivity index (χ3v) is 3.50. The molecular formula is C13H22N4. The molecule has 1 unspecified atom stereocenters. The number of anilines is 3. The Bertz CT molecular complexity index is 378. The zero-order valence-electron chi connectivity index (χ0n) is 10.4. The summed E-state index contributed by atoms with van der Waals surface area (Å²) in [7, 11) is 0. The smallest absolute Gasteiger partial charge is 0.0568 e. The Kier molecular flexibility index (Phi) is 3.74. The van der Waals surface area contributed by atoms with E-state index in [1.54, 1.807) is 0 Å². The number of nitrogens with two attached hydrogens (primary N) is 2. The number of hydrogen-bond acceptors (Lipinski definition) is 4. The van der Waals surface area contributed by atoms with Crippen LogP contribution in [0.2, 0.25) is 0 Å². The van der Waals surface area contributed by atoms with Crippen LogP contribution in [0.25, 0.3) is 0 Å². The first-order chi connectivity index (χ1) is 8.19. The van der Waals surface area contributed by atoms with E-state index in [4.69, 9.17) is 11.5 Å². The van der Waals surface area contributed by atoms with Gasteiger partial charge >= 0.3 is 0 Å². The van der Waals surface area contributed by atoms with Gasteiger partial charge in [0.25, 0.3) is 0 Å². The molecule has 0 aromatic heterocycles. The second-order valence-electron chi connectivity index (χ2n) is 4.77. The minimum Gasteiger partial charge on any atom is -0.397 e. The van der Waals surface area contributed by atoms with E-state index in [2.05, 4.69) is 17.1 Å². The van der Waals surface area contributed by atoms with Gasteiger partial charge in [0.05, 0.1) is 11.4 Å². The molecule has 1 aliphatic rings. The van der Waals surface area contributed by atoms with Gasteiger partial charge in [0.1, 0.15) is 0 Å². The number of benzene rings is 1. The lowest BCUT2D eigenvalue weighted by atomic mass is 10.1. The number of nitrogens with one attached hydrogen (secondary N) is 1. The molecule has 17 heavy (non-hydrogen) atoms. The van der Waals surface area contributed by atoms with Crippen molar-refractivity contribution in [1.82, 2.24) is 4.90 Å². The van der Waals surface area contributed by atoms with E-state index in [-0.39, 0.29) is 0 Å². The Morgan fingerprint density at radius 1 is 1.35 bits per heavy atom. The monoisotopic (exact) mass is 234 g/mol. The lowest BCUT2D eigenvalue weighted by Gasteiger charge is -2.15. The summed E-state index contributed by atoms with van der Waals surface area (Å²) in [5.41, 5.74) is 13.8. The van der Waals surface area contributed by atoms with Crippen LogP contribution in [-0.2, 0) is 0 Å². The van der Waals surface area contributed by atoms with Crippen molar-refractivity contribution in [2.45, 2.75) is 13.3 Å². The minimum atomic E-state index is 0.647. The van der Waals surface area contributed by atoms with Crippen molar-refractivity contribution in [3.8, 4) is 0 Å². The molecule has 0 bridgehead atoms. The number of nitrogen functional groups attached to an aromatic ring is 2. The quantitative estimate of drug-likeness (QED) is 0.692. The largest absolute Gasteiger partial charge is 0.397 e. The van der Waals surface area contributed by atoms with Gasteiger partial charge in [-0.05, 0) is 43.6 Å². The van der Waals surface area contributed by atoms with Gasteiger partial charge in [-0.25, -0.2) is 0 Å². The van der Waals surface area contributed by atoms with Crippen LogP contribution < -0.4 is 16.8 Å². The fourth-order valence-electron chi connectivity index (χ4n) is 2.31. The molecule has 1 aromatic carbocycles. The fourth-order valence-corrected chi connectivity index (χ4v) is 2.31. The Morgan fingerprint density at radius 2 is 2.18 bits per heavy atom. The van der Waals surface area contributed by atoms with Crippen LogP contribution >= 0.6 is 0 Å². The summed E-state index contributed by atoms with van der Waals surface area (Å²) < 4.78 is 0. The molecule has 0 amide bonds. The molecule has 1 atom stereocenters. The van der Waals surface area contributed by atoms with Gasteiger partial charge in [0, 0.05) is 18.8 Å². The van der Waals surface area contributed by atoms with Crippen LogP contribution in [0, 0.1) is 5.92 Å². The molecule has 5 N–H and O–H groups in total. The highest BCUT2D eigenvalue weighted by Gasteiger charge is 2.20. The van der Waals surface area contributed by atoms with Crippen LogP contribution in [0.1, 0.15) is 13.3 Å². The average molecular weight is 234 g/mol. The lowest BCUT2D eigenvalue weighted by Crippen LogP contribution is -2.22. The van der Waals surface area contributed by atoms with E-state index in [9.17, 15) is 0 Å². The number of nitrogens with zero attached hydrogens (tertiary/aromatic N) is 1. The van der Waals surface area contributed by atoms with Crippen LogP contribution in [-0.4, -0.2) is 31.1 Å². The first kappa shape index (κ1) is 12.0. The molecule has 0 aliphatic carbocycles. The molecule has 1 heterocycles. The molecule has 1 saturated heterocycles. The lowest BCUT2D eigenvalue weighted by molar-refractivity contribution is 0.345. The van der Waals surface area contributed by atoms with Crippen molar-refractivity contribution in [1.29, 1.82) is 0 Å². The molecule has 0 radical (unpaired) electrons. The van der Waals surface area contributed by atoms with Gasteiger partial charge in [-0.2, -0.15) is 0 Å². The van der Waals surface area contributed by atoms with Crippen LogP contribution in [0.3, 0.4) is 0 Å². The summed E-state index contributed by atoms with van der Waals surface area (Å²) in [6.45, 7) is 6.82. The molecule has 1 aromatic rings. The van der Waals surface area contributed by atoms with Crippen molar-refractivity contribution < 1.29 is 0 Å². The molecule has 1 aliphatic heterocycles. The SMILES string of the molecule is CCN1CCC(CNc2ccc(N)c(N)c2)C1. The summed E-state index contributed by atoms with van der Waals surface area (Å²) in [6.07, 6.45) is 1.28. The van der Waals surface area contributed by atoms with Gasteiger partial charge in [-0.1, -0.05) is 6.92 Å². The van der Waals surface area contributed by atoms with E-state index < -0.39 is 0 Å². The maximum absolute atomic E-state index is 5.77. The summed E-state index contributed by atoms with van der Waals surface area (Å²) in [4.78, 5) is 2.49. The molecule has 4 heteroatoms. The minimum absolute atomic E-state index is 0.647. The Balaban J connectivity index is 1.84. The highest BCUT2D eigenvalue weighted by atomic mass is 15.1. The summed E-state index contributed by atoms with van der Waals surface area (Å²) >= 11 is 0. The summed E-state index contributed by atoms with van der Waals surface area (Å²) in [5.74, 6) is 0.744. The van der Waals surface area contributed by atoms with Crippen molar-refractivity contribution in [2.24, 2.45) is 5.92 Å². The maximum atomic E-state index is 5.77. The zero-order chi connectivity index (χ0) is 12.3. The van der Waals surface area contributed by atoms with E-state index in [0.717, 1.165) is 24.7 Å². The van der Waals surface area contributed by atoms with Gasteiger partial charge in [-0.15, -0.1) is 0 Å². The van der Waals surface area contributed by atoms with Crippen molar-refractivity contribution in [3.05, 3.63) is 18.2 Å². The van der Waals surface area contributed by atoms with Gasteiger partial charge in [0.2, 0.25) is 0 Å². The predicted octanol–water partition coefficient (Wildman–Crippen LogP) is 1.60. The third-order valence-electron chi connectivity index (χ3n) is 3.50. The molecule has 4 nitrogen and oxygen atoms in total. The first-order valence-corrected chi connectivity index (χ1v) is 6.30. The highest BCUT2D eigenvalue weighted by Crippen LogP contribution is 2.21. The summed E-state index contributed by atoms with van der Waals surface area (Å²) in [5, 5.41) is 3.44. The van der Waals surface area contributed by atoms with Crippen LogP contribution in [0.5, 0.6) is 0 Å². The maximum Gasteiger partial charge on any atom is 0.0568 e. The van der Waals surface area contributed by atoms with E-state index in [1.807, 2.05) is 18.2 Å². The molecule has 0 spiro atoms. The second-order valence-corrected chi connectivity index (χ2v) is 4.77. The van der Waals surface area contributed by atoms with Gasteiger partial charge in [-0.3, -0.25) is 0 Å². The summed E-state index contributed by atoms with van der Waals surface area (Å²) in [6, 6.07) is 5.74. The number of rotatable bonds is 4. The van der Waals surface area contributed by atoms with Crippen molar-refractivity contribution in [2.75, 3.05) is 43.0 Å². The Hall–Kier alpha value is -1.42.